The lowest BCUT2D eigenvalue weighted by atomic mass is 10.0. The van der Waals surface area contributed by atoms with E-state index in [-0.39, 0.29) is 17.9 Å². The van der Waals surface area contributed by atoms with Crippen molar-refractivity contribution in [2.45, 2.75) is 39.8 Å². The smallest absolute Gasteiger partial charge is 0.272 e. The number of hydrogen-bond donors (Lipinski definition) is 1. The van der Waals surface area contributed by atoms with Crippen molar-refractivity contribution in [3.8, 4) is 0 Å². The Kier molecular flexibility index (Phi) is 3.71. The van der Waals surface area contributed by atoms with E-state index in [1.54, 1.807) is 11.6 Å². The average Bonchev–Trinajstić information content (AvgIpc) is 2.94. The summed E-state index contributed by atoms with van der Waals surface area (Å²) in [6.45, 7) is 7.73. The molecule has 1 saturated heterocycles. The normalized spacial score (nSPS) is 21.3. The minimum atomic E-state index is -0.347. The molecule has 2 unspecified atom stereocenters. The number of carbonyl (C=O) groups is 1. The Morgan fingerprint density at radius 2 is 2.39 bits per heavy atom. The van der Waals surface area contributed by atoms with E-state index in [0.717, 1.165) is 18.7 Å². The van der Waals surface area contributed by atoms with E-state index in [1.165, 1.54) is 0 Å². The first-order valence-electron chi connectivity index (χ1n) is 6.54. The van der Waals surface area contributed by atoms with E-state index in [1.807, 2.05) is 24.8 Å². The number of aliphatic hydroxyl groups is 1. The molecular weight excluding hydrogens is 230 g/mol. The molecule has 1 aromatic rings. The van der Waals surface area contributed by atoms with Gasteiger partial charge in [0.05, 0.1) is 11.8 Å². The summed E-state index contributed by atoms with van der Waals surface area (Å²) < 4.78 is 1.74. The van der Waals surface area contributed by atoms with E-state index in [4.69, 9.17) is 0 Å². The quantitative estimate of drug-likeness (QED) is 0.873. The van der Waals surface area contributed by atoms with Crippen molar-refractivity contribution in [2.24, 2.45) is 5.92 Å². The Morgan fingerprint density at radius 3 is 2.94 bits per heavy atom. The summed E-state index contributed by atoms with van der Waals surface area (Å²) in [5.41, 5.74) is 1.52. The summed E-state index contributed by atoms with van der Waals surface area (Å²) in [7, 11) is 0. The Labute approximate surface area is 107 Å². The van der Waals surface area contributed by atoms with Crippen LogP contribution in [0.2, 0.25) is 0 Å². The average molecular weight is 251 g/mol. The van der Waals surface area contributed by atoms with Crippen LogP contribution in [0.1, 0.15) is 36.5 Å². The van der Waals surface area contributed by atoms with E-state index in [0.29, 0.717) is 18.8 Å². The Bertz CT molecular complexity index is 439. The van der Waals surface area contributed by atoms with Crippen LogP contribution in [0.25, 0.3) is 0 Å². The number of nitrogens with zero attached hydrogens (tertiary/aromatic N) is 3. The SMILES string of the molecule is CCn1nc(C)cc1C(=O)N1CCC(C(C)O)C1. The Balaban J connectivity index is 2.12. The van der Waals surface area contributed by atoms with Gasteiger partial charge in [-0.05, 0) is 33.3 Å². The number of amides is 1. The first-order chi connectivity index (χ1) is 8.52. The lowest BCUT2D eigenvalue weighted by molar-refractivity contribution is 0.0750. The van der Waals surface area contributed by atoms with Crippen molar-refractivity contribution in [1.82, 2.24) is 14.7 Å². The molecule has 1 aliphatic rings. The molecule has 2 heterocycles. The van der Waals surface area contributed by atoms with Crippen molar-refractivity contribution in [2.75, 3.05) is 13.1 Å². The number of hydrogen-bond acceptors (Lipinski definition) is 3. The van der Waals surface area contributed by atoms with Crippen LogP contribution in [0, 0.1) is 12.8 Å². The van der Waals surface area contributed by atoms with Crippen molar-refractivity contribution >= 4 is 5.91 Å². The third-order valence-electron chi connectivity index (χ3n) is 3.61. The minimum absolute atomic E-state index is 0.0283. The standard InChI is InChI=1S/C13H21N3O2/c1-4-16-12(7-9(2)14-16)13(18)15-6-5-11(8-15)10(3)17/h7,10-11,17H,4-6,8H2,1-3H3. The summed E-state index contributed by atoms with van der Waals surface area (Å²) in [5.74, 6) is 0.230. The first-order valence-corrected chi connectivity index (χ1v) is 6.54. The lowest BCUT2D eigenvalue weighted by Gasteiger charge is -2.18. The Hall–Kier alpha value is -1.36. The number of aliphatic hydroxyl groups excluding tert-OH is 1. The Morgan fingerprint density at radius 1 is 1.67 bits per heavy atom. The van der Waals surface area contributed by atoms with Gasteiger partial charge >= 0.3 is 0 Å². The van der Waals surface area contributed by atoms with Gasteiger partial charge in [0.15, 0.2) is 0 Å². The van der Waals surface area contributed by atoms with Crippen LogP contribution in [0.15, 0.2) is 6.07 Å². The molecule has 1 aliphatic heterocycles. The van der Waals surface area contributed by atoms with Crippen LogP contribution >= 0.6 is 0 Å². The van der Waals surface area contributed by atoms with Gasteiger partial charge < -0.3 is 10.0 Å². The fourth-order valence-electron chi connectivity index (χ4n) is 2.49. The molecule has 100 valence electrons. The maximum Gasteiger partial charge on any atom is 0.272 e. The van der Waals surface area contributed by atoms with Crippen LogP contribution in [0.5, 0.6) is 0 Å². The van der Waals surface area contributed by atoms with Crippen molar-refractivity contribution in [1.29, 1.82) is 0 Å². The van der Waals surface area contributed by atoms with E-state index < -0.39 is 0 Å². The second-order valence-corrected chi connectivity index (χ2v) is 5.03. The molecule has 1 amide bonds. The lowest BCUT2D eigenvalue weighted by Crippen LogP contribution is -2.32. The van der Waals surface area contributed by atoms with Gasteiger partial charge in [0, 0.05) is 25.6 Å². The molecule has 2 rings (SSSR count). The molecular formula is C13H21N3O2. The summed E-state index contributed by atoms with van der Waals surface area (Å²) >= 11 is 0. The maximum absolute atomic E-state index is 12.4. The monoisotopic (exact) mass is 251 g/mol. The molecule has 0 radical (unpaired) electrons. The van der Waals surface area contributed by atoms with Gasteiger partial charge in [-0.15, -0.1) is 0 Å². The van der Waals surface area contributed by atoms with Crippen molar-refractivity contribution < 1.29 is 9.90 Å². The van der Waals surface area contributed by atoms with Gasteiger partial charge in [-0.2, -0.15) is 5.10 Å². The highest BCUT2D eigenvalue weighted by Gasteiger charge is 2.30. The zero-order valence-electron chi connectivity index (χ0n) is 11.3. The van der Waals surface area contributed by atoms with Gasteiger partial charge in [-0.1, -0.05) is 0 Å². The van der Waals surface area contributed by atoms with Gasteiger partial charge in [0.2, 0.25) is 0 Å². The maximum atomic E-state index is 12.4. The third kappa shape index (κ3) is 2.41. The highest BCUT2D eigenvalue weighted by molar-refractivity contribution is 5.92. The molecule has 0 aliphatic carbocycles. The largest absolute Gasteiger partial charge is 0.393 e. The van der Waals surface area contributed by atoms with Crippen LogP contribution in [-0.4, -0.2) is 44.9 Å². The topological polar surface area (TPSA) is 58.4 Å². The highest BCUT2D eigenvalue weighted by Crippen LogP contribution is 2.21. The molecule has 5 nitrogen and oxygen atoms in total. The number of aryl methyl sites for hydroxylation is 2. The fraction of sp³-hybridized carbons (Fsp3) is 0.692. The van der Waals surface area contributed by atoms with Gasteiger partial charge in [0.1, 0.15) is 5.69 Å². The first kappa shape index (κ1) is 13.1. The predicted molar refractivity (Wildman–Crippen MR) is 68.3 cm³/mol. The minimum Gasteiger partial charge on any atom is -0.393 e. The van der Waals surface area contributed by atoms with E-state index in [2.05, 4.69) is 5.10 Å². The van der Waals surface area contributed by atoms with Gasteiger partial charge in [-0.25, -0.2) is 0 Å². The summed E-state index contributed by atoms with van der Waals surface area (Å²) in [5, 5.41) is 13.9. The zero-order chi connectivity index (χ0) is 13.3. The van der Waals surface area contributed by atoms with Crippen molar-refractivity contribution in [3.05, 3.63) is 17.5 Å². The summed E-state index contributed by atoms with van der Waals surface area (Å²) in [6, 6.07) is 1.83. The van der Waals surface area contributed by atoms with Crippen LogP contribution < -0.4 is 0 Å². The molecule has 1 aromatic heterocycles. The number of rotatable bonds is 3. The molecule has 0 saturated carbocycles. The van der Waals surface area contributed by atoms with E-state index >= 15 is 0 Å². The number of likely N-dealkylation sites (tertiary alicyclic amines) is 1. The van der Waals surface area contributed by atoms with Gasteiger partial charge in [-0.3, -0.25) is 9.48 Å². The molecule has 0 spiro atoms. The van der Waals surface area contributed by atoms with Crippen LogP contribution in [0.3, 0.4) is 0 Å². The predicted octanol–water partition coefficient (Wildman–Crippen LogP) is 1.05. The molecule has 1 fully saturated rings. The third-order valence-corrected chi connectivity index (χ3v) is 3.61. The second-order valence-electron chi connectivity index (χ2n) is 5.03. The van der Waals surface area contributed by atoms with E-state index in [9.17, 15) is 9.90 Å². The number of carbonyl (C=O) groups excluding carboxylic acids is 1. The number of aromatic nitrogens is 2. The summed E-state index contributed by atoms with van der Waals surface area (Å²) in [6.07, 6.45) is 0.531. The van der Waals surface area contributed by atoms with Crippen LogP contribution in [-0.2, 0) is 6.54 Å². The van der Waals surface area contributed by atoms with Gasteiger partial charge in [0.25, 0.3) is 5.91 Å². The molecule has 18 heavy (non-hydrogen) atoms. The highest BCUT2D eigenvalue weighted by atomic mass is 16.3. The molecule has 5 heteroatoms. The zero-order valence-corrected chi connectivity index (χ0v) is 11.3. The van der Waals surface area contributed by atoms with Crippen molar-refractivity contribution in [3.63, 3.8) is 0 Å². The fourth-order valence-corrected chi connectivity index (χ4v) is 2.49. The van der Waals surface area contributed by atoms with Crippen LogP contribution in [0.4, 0.5) is 0 Å². The second kappa shape index (κ2) is 5.10. The summed E-state index contributed by atoms with van der Waals surface area (Å²) in [4.78, 5) is 14.2. The molecule has 2 atom stereocenters. The molecule has 0 bridgehead atoms. The molecule has 1 N–H and O–H groups in total. The molecule has 0 aromatic carbocycles.